The minimum Gasteiger partial charge on any atom is -0.313 e. The van der Waals surface area contributed by atoms with Crippen LogP contribution < -0.4 is 5.32 Å². The molecule has 0 spiro atoms. The second-order valence-electron chi connectivity index (χ2n) is 4.36. The summed E-state index contributed by atoms with van der Waals surface area (Å²) < 4.78 is 0. The molecule has 1 nitrogen and oxygen atoms in total. The highest BCUT2D eigenvalue weighted by Crippen LogP contribution is 2.27. The van der Waals surface area contributed by atoms with E-state index in [1.165, 1.54) is 16.7 Å². The maximum absolute atomic E-state index is 6.26. The molecule has 0 aliphatic heterocycles. The van der Waals surface area contributed by atoms with Crippen molar-refractivity contribution in [2.24, 2.45) is 0 Å². The Kier molecular flexibility index (Phi) is 5.04. The summed E-state index contributed by atoms with van der Waals surface area (Å²) >= 11 is 6.26. The van der Waals surface area contributed by atoms with Gasteiger partial charge in [-0.15, -0.1) is 6.58 Å². The number of nitrogens with one attached hydrogen (secondary N) is 1. The first-order valence-corrected chi connectivity index (χ1v) is 6.00. The summed E-state index contributed by atoms with van der Waals surface area (Å²) in [7, 11) is 1.97. The first kappa shape index (κ1) is 13.3. The fourth-order valence-electron chi connectivity index (χ4n) is 1.76. The lowest BCUT2D eigenvalue weighted by Gasteiger charge is -2.18. The lowest BCUT2D eigenvalue weighted by Crippen LogP contribution is -2.16. The van der Waals surface area contributed by atoms with Gasteiger partial charge in [0.25, 0.3) is 0 Å². The number of aryl methyl sites for hydroxylation is 1. The van der Waals surface area contributed by atoms with Crippen molar-refractivity contribution in [3.63, 3.8) is 0 Å². The molecule has 0 heterocycles. The van der Waals surface area contributed by atoms with Crippen LogP contribution in [0, 0.1) is 6.92 Å². The third-order valence-electron chi connectivity index (χ3n) is 2.74. The normalized spacial score (nSPS) is 12.5. The van der Waals surface area contributed by atoms with E-state index in [2.05, 4.69) is 37.9 Å². The van der Waals surface area contributed by atoms with Gasteiger partial charge in [-0.25, -0.2) is 0 Å². The summed E-state index contributed by atoms with van der Waals surface area (Å²) in [4.78, 5) is 0. The molecule has 1 aromatic carbocycles. The van der Waals surface area contributed by atoms with Gasteiger partial charge in [0, 0.05) is 11.1 Å². The molecule has 1 atom stereocenters. The van der Waals surface area contributed by atoms with Crippen LogP contribution in [0.15, 0.2) is 30.4 Å². The molecule has 0 aliphatic carbocycles. The molecule has 0 aliphatic rings. The van der Waals surface area contributed by atoms with Crippen molar-refractivity contribution in [3.8, 4) is 0 Å². The van der Waals surface area contributed by atoms with Crippen LogP contribution in [0.3, 0.4) is 0 Å². The Balaban J connectivity index is 2.82. The minimum absolute atomic E-state index is 0.310. The Hall–Kier alpha value is -0.790. The second-order valence-corrected chi connectivity index (χ2v) is 4.77. The molecule has 0 saturated carbocycles. The number of rotatable bonds is 5. The summed E-state index contributed by atoms with van der Waals surface area (Å²) in [5, 5.41) is 4.16. The SMILES string of the molecule is C=C(C)CCC(NC)c1ccc(C)cc1Cl. The topological polar surface area (TPSA) is 12.0 Å². The minimum atomic E-state index is 0.310. The van der Waals surface area contributed by atoms with Gasteiger partial charge in [0.15, 0.2) is 0 Å². The van der Waals surface area contributed by atoms with Crippen molar-refractivity contribution in [3.05, 3.63) is 46.5 Å². The average molecular weight is 238 g/mol. The van der Waals surface area contributed by atoms with Gasteiger partial charge in [0.2, 0.25) is 0 Å². The van der Waals surface area contributed by atoms with Gasteiger partial charge in [-0.1, -0.05) is 29.3 Å². The van der Waals surface area contributed by atoms with E-state index in [0.29, 0.717) is 6.04 Å². The summed E-state index contributed by atoms with van der Waals surface area (Å²) in [6.07, 6.45) is 2.06. The monoisotopic (exact) mass is 237 g/mol. The zero-order chi connectivity index (χ0) is 12.1. The largest absolute Gasteiger partial charge is 0.313 e. The van der Waals surface area contributed by atoms with Gasteiger partial charge >= 0.3 is 0 Å². The Morgan fingerprint density at radius 1 is 1.50 bits per heavy atom. The van der Waals surface area contributed by atoms with Crippen LogP contribution in [-0.2, 0) is 0 Å². The van der Waals surface area contributed by atoms with Gasteiger partial charge in [-0.2, -0.15) is 0 Å². The Bertz CT molecular complexity index is 371. The molecule has 2 heteroatoms. The molecule has 88 valence electrons. The van der Waals surface area contributed by atoms with Crippen LogP contribution in [0.4, 0.5) is 0 Å². The summed E-state index contributed by atoms with van der Waals surface area (Å²) in [6, 6.07) is 6.54. The number of benzene rings is 1. The van der Waals surface area contributed by atoms with Crippen molar-refractivity contribution in [1.82, 2.24) is 5.32 Å². The Morgan fingerprint density at radius 3 is 2.69 bits per heavy atom. The van der Waals surface area contributed by atoms with Crippen LogP contribution in [0.5, 0.6) is 0 Å². The van der Waals surface area contributed by atoms with Crippen molar-refractivity contribution in [1.29, 1.82) is 0 Å². The zero-order valence-corrected chi connectivity index (χ0v) is 11.1. The van der Waals surface area contributed by atoms with Crippen molar-refractivity contribution in [2.45, 2.75) is 32.7 Å². The predicted molar refractivity (Wildman–Crippen MR) is 72.0 cm³/mol. The van der Waals surface area contributed by atoms with E-state index in [0.717, 1.165) is 17.9 Å². The van der Waals surface area contributed by atoms with Crippen LogP contribution in [0.25, 0.3) is 0 Å². The second kappa shape index (κ2) is 6.07. The Labute approximate surface area is 104 Å². The van der Waals surface area contributed by atoms with E-state index in [-0.39, 0.29) is 0 Å². The maximum atomic E-state index is 6.26. The van der Waals surface area contributed by atoms with Crippen molar-refractivity contribution >= 4 is 11.6 Å². The smallest absolute Gasteiger partial charge is 0.0456 e. The third-order valence-corrected chi connectivity index (χ3v) is 3.07. The first-order valence-electron chi connectivity index (χ1n) is 5.62. The molecule has 0 aromatic heterocycles. The molecule has 0 saturated heterocycles. The lowest BCUT2D eigenvalue weighted by molar-refractivity contribution is 0.548. The molecule has 1 aromatic rings. The maximum Gasteiger partial charge on any atom is 0.0456 e. The van der Waals surface area contributed by atoms with Crippen LogP contribution in [0.1, 0.15) is 36.9 Å². The van der Waals surface area contributed by atoms with Crippen molar-refractivity contribution in [2.75, 3.05) is 7.05 Å². The highest BCUT2D eigenvalue weighted by molar-refractivity contribution is 6.31. The summed E-state index contributed by atoms with van der Waals surface area (Å²) in [5.41, 5.74) is 3.59. The molecule has 16 heavy (non-hydrogen) atoms. The fraction of sp³-hybridized carbons (Fsp3) is 0.429. The number of hydrogen-bond acceptors (Lipinski definition) is 1. The highest BCUT2D eigenvalue weighted by atomic mass is 35.5. The molecule has 0 amide bonds. The fourth-order valence-corrected chi connectivity index (χ4v) is 2.13. The van der Waals surface area contributed by atoms with Crippen LogP contribution in [0.2, 0.25) is 5.02 Å². The molecule has 1 N–H and O–H groups in total. The van der Waals surface area contributed by atoms with Gasteiger partial charge < -0.3 is 5.32 Å². The number of halogens is 1. The standard InChI is InChI=1S/C14H20ClN/c1-10(2)5-8-14(16-4)12-7-6-11(3)9-13(12)15/h6-7,9,14,16H,1,5,8H2,2-4H3. The van der Waals surface area contributed by atoms with E-state index < -0.39 is 0 Å². The van der Waals surface area contributed by atoms with E-state index in [1.54, 1.807) is 0 Å². The van der Waals surface area contributed by atoms with E-state index in [1.807, 2.05) is 13.1 Å². The lowest BCUT2D eigenvalue weighted by atomic mass is 9.99. The predicted octanol–water partition coefficient (Wildman–Crippen LogP) is 4.27. The average Bonchev–Trinajstić information content (AvgIpc) is 2.21. The zero-order valence-electron chi connectivity index (χ0n) is 10.3. The van der Waals surface area contributed by atoms with Crippen LogP contribution >= 0.6 is 11.6 Å². The Morgan fingerprint density at radius 2 is 2.19 bits per heavy atom. The molecular formula is C14H20ClN. The summed E-state index contributed by atoms with van der Waals surface area (Å²) in [5.74, 6) is 0. The highest BCUT2D eigenvalue weighted by Gasteiger charge is 2.12. The van der Waals surface area contributed by atoms with Crippen molar-refractivity contribution < 1.29 is 0 Å². The van der Waals surface area contributed by atoms with E-state index in [9.17, 15) is 0 Å². The molecule has 0 fully saturated rings. The van der Waals surface area contributed by atoms with Gasteiger partial charge in [0.05, 0.1) is 0 Å². The van der Waals surface area contributed by atoms with E-state index in [4.69, 9.17) is 11.6 Å². The van der Waals surface area contributed by atoms with Gasteiger partial charge in [-0.3, -0.25) is 0 Å². The molecular weight excluding hydrogens is 218 g/mol. The molecule has 1 rings (SSSR count). The molecule has 0 bridgehead atoms. The van der Waals surface area contributed by atoms with E-state index >= 15 is 0 Å². The quantitative estimate of drug-likeness (QED) is 0.755. The molecule has 0 radical (unpaired) electrons. The number of allylic oxidation sites excluding steroid dienone is 1. The first-order chi connectivity index (χ1) is 7.54. The van der Waals surface area contributed by atoms with Gasteiger partial charge in [0.1, 0.15) is 0 Å². The van der Waals surface area contributed by atoms with Gasteiger partial charge in [-0.05, 0) is 50.9 Å². The number of hydrogen-bond donors (Lipinski definition) is 1. The van der Waals surface area contributed by atoms with Crippen LogP contribution in [-0.4, -0.2) is 7.05 Å². The summed E-state index contributed by atoms with van der Waals surface area (Å²) in [6.45, 7) is 8.04. The molecule has 1 unspecified atom stereocenters. The third kappa shape index (κ3) is 3.66.